The van der Waals surface area contributed by atoms with Gasteiger partial charge in [0, 0.05) is 6.54 Å². The molecule has 1 saturated heterocycles. The summed E-state index contributed by atoms with van der Waals surface area (Å²) in [5, 5.41) is 12.6. The standard InChI is InChI=1S/C15H30N2O2/c1-5-9-16-15(4,13(18)19)8-12-17-10-6-14(2,3)7-11-17/h16H,5-12H2,1-4H3,(H,18,19). The summed E-state index contributed by atoms with van der Waals surface area (Å²) < 4.78 is 0. The van der Waals surface area contributed by atoms with Gasteiger partial charge in [-0.1, -0.05) is 20.8 Å². The van der Waals surface area contributed by atoms with Crippen LogP contribution in [0, 0.1) is 5.41 Å². The highest BCUT2D eigenvalue weighted by atomic mass is 16.4. The van der Waals surface area contributed by atoms with Crippen molar-refractivity contribution in [3.63, 3.8) is 0 Å². The second-order valence-electron chi connectivity index (χ2n) is 6.82. The molecule has 4 nitrogen and oxygen atoms in total. The van der Waals surface area contributed by atoms with Gasteiger partial charge < -0.3 is 15.3 Å². The molecule has 4 heteroatoms. The lowest BCUT2D eigenvalue weighted by Gasteiger charge is -2.38. The molecule has 0 amide bonds. The van der Waals surface area contributed by atoms with E-state index in [1.807, 2.05) is 0 Å². The van der Waals surface area contributed by atoms with Crippen molar-refractivity contribution in [1.82, 2.24) is 10.2 Å². The zero-order valence-corrected chi connectivity index (χ0v) is 13.0. The summed E-state index contributed by atoms with van der Waals surface area (Å²) in [6.07, 6.45) is 4.04. The first kappa shape index (κ1) is 16.4. The number of piperidine rings is 1. The summed E-state index contributed by atoms with van der Waals surface area (Å²) in [4.78, 5) is 13.8. The third kappa shape index (κ3) is 5.11. The third-order valence-corrected chi connectivity index (χ3v) is 4.37. The van der Waals surface area contributed by atoms with Crippen LogP contribution in [0.5, 0.6) is 0 Å². The van der Waals surface area contributed by atoms with E-state index in [-0.39, 0.29) is 0 Å². The van der Waals surface area contributed by atoms with Crippen molar-refractivity contribution in [3.8, 4) is 0 Å². The smallest absolute Gasteiger partial charge is 0.323 e. The molecule has 0 bridgehead atoms. The van der Waals surface area contributed by atoms with Crippen LogP contribution >= 0.6 is 0 Å². The Morgan fingerprint density at radius 1 is 1.37 bits per heavy atom. The number of rotatable bonds is 7. The molecule has 112 valence electrons. The van der Waals surface area contributed by atoms with Crippen LogP contribution in [0.25, 0.3) is 0 Å². The van der Waals surface area contributed by atoms with Crippen LogP contribution in [0.1, 0.15) is 53.4 Å². The largest absolute Gasteiger partial charge is 0.480 e. The molecule has 1 aliphatic rings. The molecule has 1 atom stereocenters. The van der Waals surface area contributed by atoms with E-state index in [0.29, 0.717) is 11.8 Å². The maximum Gasteiger partial charge on any atom is 0.323 e. The number of nitrogens with zero attached hydrogens (tertiary/aromatic N) is 1. The minimum absolute atomic E-state index is 0.451. The Morgan fingerprint density at radius 3 is 2.42 bits per heavy atom. The fourth-order valence-electron chi connectivity index (χ4n) is 2.44. The second-order valence-corrected chi connectivity index (χ2v) is 6.82. The fraction of sp³-hybridized carbons (Fsp3) is 0.933. The van der Waals surface area contributed by atoms with Gasteiger partial charge in [-0.15, -0.1) is 0 Å². The Labute approximate surface area is 117 Å². The quantitative estimate of drug-likeness (QED) is 0.745. The number of hydrogen-bond donors (Lipinski definition) is 2. The zero-order valence-electron chi connectivity index (χ0n) is 13.0. The molecule has 0 aromatic rings. The number of hydrogen-bond acceptors (Lipinski definition) is 3. The van der Waals surface area contributed by atoms with Gasteiger partial charge >= 0.3 is 5.97 Å². The van der Waals surface area contributed by atoms with Gasteiger partial charge in [-0.05, 0) is 57.7 Å². The average molecular weight is 270 g/mol. The molecule has 0 saturated carbocycles. The number of carbonyl (C=O) groups is 1. The Morgan fingerprint density at radius 2 is 1.95 bits per heavy atom. The van der Waals surface area contributed by atoms with Crippen molar-refractivity contribution in [2.24, 2.45) is 5.41 Å². The molecule has 1 rings (SSSR count). The summed E-state index contributed by atoms with van der Waals surface area (Å²) in [5.41, 5.74) is -0.337. The molecule has 0 radical (unpaired) electrons. The maximum atomic E-state index is 11.4. The second kappa shape index (κ2) is 6.71. The highest BCUT2D eigenvalue weighted by Crippen LogP contribution is 2.30. The first-order chi connectivity index (χ1) is 8.79. The maximum absolute atomic E-state index is 11.4. The highest BCUT2D eigenvalue weighted by molar-refractivity contribution is 5.78. The molecule has 1 heterocycles. The first-order valence-electron chi connectivity index (χ1n) is 7.50. The normalized spacial score (nSPS) is 22.9. The molecule has 0 spiro atoms. The summed E-state index contributed by atoms with van der Waals surface area (Å²) in [5.74, 6) is -0.738. The van der Waals surface area contributed by atoms with Gasteiger partial charge in [-0.25, -0.2) is 0 Å². The molecular formula is C15H30N2O2. The molecule has 0 aliphatic carbocycles. The Bertz CT molecular complexity index is 295. The van der Waals surface area contributed by atoms with Gasteiger partial charge in [0.25, 0.3) is 0 Å². The topological polar surface area (TPSA) is 52.6 Å². The summed E-state index contributed by atoms with van der Waals surface area (Å²) in [6.45, 7) is 12.3. The van der Waals surface area contributed by atoms with Crippen LogP contribution < -0.4 is 5.32 Å². The van der Waals surface area contributed by atoms with Gasteiger partial charge in [0.15, 0.2) is 0 Å². The lowest BCUT2D eigenvalue weighted by Crippen LogP contribution is -2.52. The first-order valence-corrected chi connectivity index (χ1v) is 7.50. The van der Waals surface area contributed by atoms with Crippen LogP contribution in [0.4, 0.5) is 0 Å². The van der Waals surface area contributed by atoms with Crippen molar-refractivity contribution in [2.45, 2.75) is 58.9 Å². The lowest BCUT2D eigenvalue weighted by atomic mass is 9.82. The van der Waals surface area contributed by atoms with Gasteiger partial charge in [-0.2, -0.15) is 0 Å². The summed E-state index contributed by atoms with van der Waals surface area (Å²) in [7, 11) is 0. The molecule has 1 unspecified atom stereocenters. The Balaban J connectivity index is 2.42. The third-order valence-electron chi connectivity index (χ3n) is 4.37. The number of likely N-dealkylation sites (tertiary alicyclic amines) is 1. The molecule has 0 aromatic carbocycles. The minimum atomic E-state index is -0.789. The number of aliphatic carboxylic acids is 1. The predicted molar refractivity (Wildman–Crippen MR) is 78.4 cm³/mol. The van der Waals surface area contributed by atoms with E-state index in [0.717, 1.165) is 32.6 Å². The van der Waals surface area contributed by atoms with Crippen LogP contribution in [0.3, 0.4) is 0 Å². The van der Waals surface area contributed by atoms with Crippen LogP contribution in [-0.4, -0.2) is 47.7 Å². The molecule has 1 fully saturated rings. The van der Waals surface area contributed by atoms with Gasteiger partial charge in [0.2, 0.25) is 0 Å². The fourth-order valence-corrected chi connectivity index (χ4v) is 2.44. The predicted octanol–water partition coefficient (Wildman–Crippen LogP) is 2.34. The van der Waals surface area contributed by atoms with Crippen LogP contribution in [0.15, 0.2) is 0 Å². The Kier molecular flexibility index (Phi) is 5.81. The zero-order chi connectivity index (χ0) is 14.5. The molecule has 0 aromatic heterocycles. The monoisotopic (exact) mass is 270 g/mol. The van der Waals surface area contributed by atoms with Crippen molar-refractivity contribution in [1.29, 1.82) is 0 Å². The number of nitrogens with one attached hydrogen (secondary N) is 1. The van der Waals surface area contributed by atoms with Gasteiger partial charge in [0.1, 0.15) is 5.54 Å². The molecule has 2 N–H and O–H groups in total. The SMILES string of the molecule is CCCNC(C)(CCN1CCC(C)(C)CC1)C(=O)O. The van der Waals surface area contributed by atoms with Gasteiger partial charge in [-0.3, -0.25) is 4.79 Å². The van der Waals surface area contributed by atoms with E-state index in [4.69, 9.17) is 0 Å². The van der Waals surface area contributed by atoms with Crippen LogP contribution in [-0.2, 0) is 4.79 Å². The van der Waals surface area contributed by atoms with E-state index >= 15 is 0 Å². The molecular weight excluding hydrogens is 240 g/mol. The van der Waals surface area contributed by atoms with Crippen molar-refractivity contribution in [2.75, 3.05) is 26.2 Å². The minimum Gasteiger partial charge on any atom is -0.480 e. The van der Waals surface area contributed by atoms with E-state index in [1.165, 1.54) is 12.8 Å². The van der Waals surface area contributed by atoms with E-state index in [1.54, 1.807) is 6.92 Å². The van der Waals surface area contributed by atoms with Crippen molar-refractivity contribution < 1.29 is 9.90 Å². The van der Waals surface area contributed by atoms with E-state index in [9.17, 15) is 9.90 Å². The number of carboxylic acid groups (broad SMARTS) is 1. The molecule has 1 aliphatic heterocycles. The van der Waals surface area contributed by atoms with Crippen molar-refractivity contribution in [3.05, 3.63) is 0 Å². The average Bonchev–Trinajstić information content (AvgIpc) is 2.35. The van der Waals surface area contributed by atoms with Crippen molar-refractivity contribution >= 4 is 5.97 Å². The summed E-state index contributed by atoms with van der Waals surface area (Å²) >= 11 is 0. The highest BCUT2D eigenvalue weighted by Gasteiger charge is 2.33. The molecule has 19 heavy (non-hydrogen) atoms. The summed E-state index contributed by atoms with van der Waals surface area (Å²) in [6, 6.07) is 0. The van der Waals surface area contributed by atoms with E-state index < -0.39 is 11.5 Å². The van der Waals surface area contributed by atoms with Crippen LogP contribution in [0.2, 0.25) is 0 Å². The lowest BCUT2D eigenvalue weighted by molar-refractivity contribution is -0.144. The number of carboxylic acids is 1. The Hall–Kier alpha value is -0.610. The van der Waals surface area contributed by atoms with Gasteiger partial charge in [0.05, 0.1) is 0 Å². The van der Waals surface area contributed by atoms with E-state index in [2.05, 4.69) is 31.0 Å².